The second-order valence-electron chi connectivity index (χ2n) is 8.93. The molecule has 38 heavy (non-hydrogen) atoms. The summed E-state index contributed by atoms with van der Waals surface area (Å²) in [7, 11) is 0. The Balaban J connectivity index is 1.55. The SMILES string of the molecule is CCCOc1ccc([C@H]2[C@H]3C(=O)N(c4ccc([N+](=O)[O-])cc4)C(=O)[C@H]3ON2c2ccccc2)cc1OCC. The first-order chi connectivity index (χ1) is 18.4. The predicted molar refractivity (Wildman–Crippen MR) is 139 cm³/mol. The minimum absolute atomic E-state index is 0.133. The van der Waals surface area contributed by atoms with E-state index in [1.54, 1.807) is 5.06 Å². The van der Waals surface area contributed by atoms with Gasteiger partial charge in [-0.05, 0) is 55.3 Å². The van der Waals surface area contributed by atoms with Gasteiger partial charge in [0, 0.05) is 12.1 Å². The molecule has 3 aromatic carbocycles. The molecule has 0 aromatic heterocycles. The second kappa shape index (κ2) is 10.5. The van der Waals surface area contributed by atoms with E-state index < -0.39 is 34.8 Å². The number of amides is 2. The van der Waals surface area contributed by atoms with Crippen LogP contribution in [0.3, 0.4) is 0 Å². The third kappa shape index (κ3) is 4.43. The van der Waals surface area contributed by atoms with Gasteiger partial charge in [0.2, 0.25) is 5.91 Å². The molecule has 2 saturated heterocycles. The molecular weight excluding hydrogens is 490 g/mol. The summed E-state index contributed by atoms with van der Waals surface area (Å²) < 4.78 is 11.7. The van der Waals surface area contributed by atoms with Gasteiger partial charge >= 0.3 is 0 Å². The number of imide groups is 1. The molecule has 2 aliphatic heterocycles. The van der Waals surface area contributed by atoms with Crippen molar-refractivity contribution in [2.24, 2.45) is 5.92 Å². The molecule has 10 nitrogen and oxygen atoms in total. The number of carbonyl (C=O) groups is 2. The molecule has 3 atom stereocenters. The molecule has 3 aromatic rings. The number of anilines is 2. The van der Waals surface area contributed by atoms with E-state index >= 15 is 0 Å². The van der Waals surface area contributed by atoms with E-state index in [0.29, 0.717) is 30.4 Å². The molecule has 2 fully saturated rings. The molecule has 0 saturated carbocycles. The molecule has 196 valence electrons. The number of para-hydroxylation sites is 1. The lowest BCUT2D eigenvalue weighted by atomic mass is 9.90. The van der Waals surface area contributed by atoms with Crippen LogP contribution in [-0.4, -0.2) is 36.1 Å². The van der Waals surface area contributed by atoms with Crippen LogP contribution in [0.4, 0.5) is 17.1 Å². The third-order valence-electron chi connectivity index (χ3n) is 6.52. The average Bonchev–Trinajstić information content (AvgIpc) is 3.44. The van der Waals surface area contributed by atoms with Gasteiger partial charge in [0.15, 0.2) is 17.6 Å². The summed E-state index contributed by atoms with van der Waals surface area (Å²) in [4.78, 5) is 45.0. The third-order valence-corrected chi connectivity index (χ3v) is 6.52. The normalized spacial score (nSPS) is 20.5. The number of carbonyl (C=O) groups excluding carboxylic acids is 2. The second-order valence-corrected chi connectivity index (χ2v) is 8.93. The molecule has 0 N–H and O–H groups in total. The Labute approximate surface area is 219 Å². The van der Waals surface area contributed by atoms with Crippen molar-refractivity contribution in [3.05, 3.63) is 88.5 Å². The predicted octanol–water partition coefficient (Wildman–Crippen LogP) is 4.83. The lowest BCUT2D eigenvalue weighted by molar-refractivity contribution is -0.384. The highest BCUT2D eigenvalue weighted by atomic mass is 16.7. The monoisotopic (exact) mass is 517 g/mol. The van der Waals surface area contributed by atoms with Crippen molar-refractivity contribution in [2.75, 3.05) is 23.2 Å². The maximum Gasteiger partial charge on any atom is 0.269 e. The Morgan fingerprint density at radius 1 is 0.895 bits per heavy atom. The number of rotatable bonds is 9. The fourth-order valence-corrected chi connectivity index (χ4v) is 4.84. The largest absolute Gasteiger partial charge is 0.490 e. The summed E-state index contributed by atoms with van der Waals surface area (Å²) in [6.45, 7) is 4.85. The molecule has 5 rings (SSSR count). The van der Waals surface area contributed by atoms with E-state index in [1.165, 1.54) is 24.3 Å². The standard InChI is InChI=1S/C28H27N3O7/c1-3-16-37-22-15-10-18(17-23(22)36-4-2)25-24-26(38-30(25)20-8-6-5-7-9-20)28(33)29(27(24)32)19-11-13-21(14-12-19)31(34)35/h5-15,17,24-26H,3-4,16H2,1-2H3/t24-,25+,26+/m1/s1. The van der Waals surface area contributed by atoms with Gasteiger partial charge in [0.05, 0.1) is 35.6 Å². The number of ether oxygens (including phenoxy) is 2. The minimum Gasteiger partial charge on any atom is -0.490 e. The smallest absolute Gasteiger partial charge is 0.269 e. The number of hydrogen-bond acceptors (Lipinski definition) is 8. The fraction of sp³-hybridized carbons (Fsp3) is 0.286. The molecule has 0 bridgehead atoms. The molecule has 2 heterocycles. The van der Waals surface area contributed by atoms with Crippen LogP contribution < -0.4 is 19.4 Å². The zero-order valence-electron chi connectivity index (χ0n) is 21.0. The van der Waals surface area contributed by atoms with Gasteiger partial charge in [-0.25, -0.2) is 9.96 Å². The zero-order valence-corrected chi connectivity index (χ0v) is 21.0. The minimum atomic E-state index is -1.06. The van der Waals surface area contributed by atoms with Crippen molar-refractivity contribution in [2.45, 2.75) is 32.4 Å². The molecule has 10 heteroatoms. The highest BCUT2D eigenvalue weighted by Gasteiger charge is 2.60. The Morgan fingerprint density at radius 2 is 1.63 bits per heavy atom. The number of non-ortho nitro benzene ring substituents is 1. The first kappa shape index (κ1) is 25.2. The van der Waals surface area contributed by atoms with Crippen molar-refractivity contribution < 1.29 is 28.8 Å². The van der Waals surface area contributed by atoms with Crippen LogP contribution in [-0.2, 0) is 14.4 Å². The van der Waals surface area contributed by atoms with E-state index in [9.17, 15) is 19.7 Å². The van der Waals surface area contributed by atoms with Gasteiger partial charge in [-0.15, -0.1) is 0 Å². The van der Waals surface area contributed by atoms with Crippen LogP contribution >= 0.6 is 0 Å². The van der Waals surface area contributed by atoms with Gasteiger partial charge in [0.25, 0.3) is 11.6 Å². The van der Waals surface area contributed by atoms with E-state index in [0.717, 1.165) is 16.9 Å². The lowest BCUT2D eigenvalue weighted by Gasteiger charge is -2.29. The molecule has 0 radical (unpaired) electrons. The molecular formula is C28H27N3O7. The first-order valence-electron chi connectivity index (χ1n) is 12.5. The van der Waals surface area contributed by atoms with E-state index in [-0.39, 0.29) is 11.4 Å². The highest BCUT2D eigenvalue weighted by molar-refractivity contribution is 6.24. The number of hydroxylamine groups is 1. The van der Waals surface area contributed by atoms with Crippen molar-refractivity contribution in [1.82, 2.24) is 0 Å². The number of nitro groups is 1. The van der Waals surface area contributed by atoms with Crippen LogP contribution in [0.15, 0.2) is 72.8 Å². The quantitative estimate of drug-likeness (QED) is 0.225. The van der Waals surface area contributed by atoms with Crippen LogP contribution in [0.5, 0.6) is 11.5 Å². The van der Waals surface area contributed by atoms with Crippen LogP contribution in [0.1, 0.15) is 31.9 Å². The fourth-order valence-electron chi connectivity index (χ4n) is 4.84. The van der Waals surface area contributed by atoms with Gasteiger partial charge in [-0.2, -0.15) is 0 Å². The summed E-state index contributed by atoms with van der Waals surface area (Å²) in [5, 5.41) is 12.7. The van der Waals surface area contributed by atoms with E-state index in [2.05, 4.69) is 0 Å². The van der Waals surface area contributed by atoms with Crippen LogP contribution in [0.2, 0.25) is 0 Å². The summed E-state index contributed by atoms with van der Waals surface area (Å²) in [6, 6.07) is 19.4. The van der Waals surface area contributed by atoms with Crippen molar-refractivity contribution in [3.8, 4) is 11.5 Å². The van der Waals surface area contributed by atoms with Crippen LogP contribution in [0.25, 0.3) is 0 Å². The summed E-state index contributed by atoms with van der Waals surface area (Å²) >= 11 is 0. The Kier molecular flexibility index (Phi) is 6.97. The van der Waals surface area contributed by atoms with Crippen molar-refractivity contribution >= 4 is 28.9 Å². The topological polar surface area (TPSA) is 111 Å². The summed E-state index contributed by atoms with van der Waals surface area (Å²) in [5.74, 6) is -0.680. The summed E-state index contributed by atoms with van der Waals surface area (Å²) in [6.07, 6.45) is -0.223. The van der Waals surface area contributed by atoms with Gasteiger partial charge in [0.1, 0.15) is 5.92 Å². The summed E-state index contributed by atoms with van der Waals surface area (Å²) in [5.41, 5.74) is 1.54. The number of nitrogens with zero attached hydrogens (tertiary/aromatic N) is 3. The van der Waals surface area contributed by atoms with Gasteiger partial charge in [-0.1, -0.05) is 31.2 Å². The highest BCUT2D eigenvalue weighted by Crippen LogP contribution is 2.48. The lowest BCUT2D eigenvalue weighted by Crippen LogP contribution is -2.37. The van der Waals surface area contributed by atoms with Crippen LogP contribution in [0, 0.1) is 16.0 Å². The molecule has 2 aliphatic rings. The molecule has 0 unspecified atom stereocenters. The molecule has 2 amide bonds. The number of nitro benzene ring substituents is 1. The van der Waals surface area contributed by atoms with Gasteiger partial charge < -0.3 is 9.47 Å². The van der Waals surface area contributed by atoms with E-state index in [1.807, 2.05) is 62.4 Å². The van der Waals surface area contributed by atoms with Gasteiger partial charge in [-0.3, -0.25) is 24.5 Å². The average molecular weight is 518 g/mol. The Hall–Kier alpha value is -4.44. The first-order valence-corrected chi connectivity index (χ1v) is 12.5. The zero-order chi connectivity index (χ0) is 26.8. The Morgan fingerprint density at radius 3 is 2.29 bits per heavy atom. The van der Waals surface area contributed by atoms with E-state index in [4.69, 9.17) is 14.3 Å². The number of hydrogen-bond donors (Lipinski definition) is 0. The number of benzene rings is 3. The molecule has 0 aliphatic carbocycles. The Bertz CT molecular complexity index is 1350. The van der Waals surface area contributed by atoms with Crippen molar-refractivity contribution in [3.63, 3.8) is 0 Å². The van der Waals surface area contributed by atoms with Crippen molar-refractivity contribution in [1.29, 1.82) is 0 Å². The molecule has 0 spiro atoms. The maximum absolute atomic E-state index is 13.8. The maximum atomic E-state index is 13.8. The number of fused-ring (bicyclic) bond motifs is 1.